The van der Waals surface area contributed by atoms with E-state index in [1.807, 2.05) is 38.2 Å². The van der Waals surface area contributed by atoms with Crippen LogP contribution in [0.25, 0.3) is 0 Å². The Labute approximate surface area is 192 Å². The van der Waals surface area contributed by atoms with Crippen molar-refractivity contribution >= 4 is 35.6 Å². The van der Waals surface area contributed by atoms with E-state index in [1.165, 1.54) is 0 Å². The van der Waals surface area contributed by atoms with Crippen LogP contribution >= 0.6 is 24.0 Å². The zero-order valence-electron chi connectivity index (χ0n) is 17.1. The van der Waals surface area contributed by atoms with E-state index in [9.17, 15) is 13.2 Å². The van der Waals surface area contributed by atoms with Gasteiger partial charge in [-0.1, -0.05) is 29.8 Å². The van der Waals surface area contributed by atoms with Crippen molar-refractivity contribution in [2.75, 3.05) is 25.5 Å². The highest BCUT2D eigenvalue weighted by Gasteiger charge is 2.33. The molecule has 3 N–H and O–H groups in total. The van der Waals surface area contributed by atoms with Gasteiger partial charge in [0.15, 0.2) is 5.96 Å². The number of nitrogens with two attached hydrogens (primary N) is 1. The summed E-state index contributed by atoms with van der Waals surface area (Å²) in [4.78, 5) is 6.70. The van der Waals surface area contributed by atoms with Crippen molar-refractivity contribution in [2.45, 2.75) is 32.0 Å². The van der Waals surface area contributed by atoms with Gasteiger partial charge in [0, 0.05) is 18.3 Å². The maximum atomic E-state index is 12.9. The van der Waals surface area contributed by atoms with E-state index in [0.29, 0.717) is 12.5 Å². The van der Waals surface area contributed by atoms with Crippen LogP contribution < -0.4 is 11.1 Å². The van der Waals surface area contributed by atoms with Gasteiger partial charge < -0.3 is 11.1 Å². The van der Waals surface area contributed by atoms with Gasteiger partial charge in [-0.15, -0.1) is 24.0 Å². The number of aryl methyl sites for hydroxylation is 1. The predicted octanol–water partition coefficient (Wildman–Crippen LogP) is 5.44. The topological polar surface area (TPSA) is 53.6 Å². The minimum atomic E-state index is -4.32. The van der Waals surface area contributed by atoms with Crippen LogP contribution in [0.15, 0.2) is 53.5 Å². The highest BCUT2D eigenvalue weighted by Crippen LogP contribution is 2.37. The first-order valence-electron chi connectivity index (χ1n) is 9.75. The molecule has 0 amide bonds. The lowest BCUT2D eigenvalue weighted by Gasteiger charge is -2.39. The van der Waals surface area contributed by atoms with Crippen molar-refractivity contribution in [1.29, 1.82) is 0 Å². The molecule has 2 aromatic carbocycles. The normalized spacial score (nSPS) is 20.5. The third kappa shape index (κ3) is 6.34. The van der Waals surface area contributed by atoms with E-state index in [4.69, 9.17) is 5.73 Å². The van der Waals surface area contributed by atoms with Gasteiger partial charge in [0.25, 0.3) is 0 Å². The number of halogens is 4. The number of aliphatic imine (C=N–C) groups is 1. The summed E-state index contributed by atoms with van der Waals surface area (Å²) in [5, 5.41) is 3.09. The summed E-state index contributed by atoms with van der Waals surface area (Å²) in [6, 6.07) is 13.4. The molecule has 8 heteroatoms. The summed E-state index contributed by atoms with van der Waals surface area (Å²) in [5.74, 6) is 0.525. The number of benzene rings is 2. The Morgan fingerprint density at radius 1 is 1.13 bits per heavy atom. The maximum absolute atomic E-state index is 12.9. The molecule has 1 fully saturated rings. The average molecular weight is 532 g/mol. The molecular formula is C22H28F3IN4. The zero-order chi connectivity index (χ0) is 21.0. The van der Waals surface area contributed by atoms with E-state index in [1.54, 1.807) is 12.1 Å². The molecule has 1 saturated heterocycles. The van der Waals surface area contributed by atoms with Crippen molar-refractivity contribution in [3.05, 3.63) is 65.2 Å². The van der Waals surface area contributed by atoms with Crippen LogP contribution in [0.2, 0.25) is 0 Å². The second-order valence-electron chi connectivity index (χ2n) is 7.66. The van der Waals surface area contributed by atoms with Gasteiger partial charge in [0.2, 0.25) is 0 Å². The van der Waals surface area contributed by atoms with Crippen LogP contribution in [0.3, 0.4) is 0 Å². The molecule has 1 heterocycles. The van der Waals surface area contributed by atoms with Gasteiger partial charge in [0.1, 0.15) is 0 Å². The Morgan fingerprint density at radius 2 is 1.77 bits per heavy atom. The fourth-order valence-electron chi connectivity index (χ4n) is 3.89. The van der Waals surface area contributed by atoms with Gasteiger partial charge in [-0.05, 0) is 69.1 Å². The fourth-order valence-corrected chi connectivity index (χ4v) is 3.89. The van der Waals surface area contributed by atoms with Crippen LogP contribution in [0.1, 0.15) is 35.6 Å². The summed E-state index contributed by atoms with van der Waals surface area (Å²) >= 11 is 0. The van der Waals surface area contributed by atoms with Crippen LogP contribution in [-0.4, -0.2) is 31.0 Å². The van der Waals surface area contributed by atoms with Crippen molar-refractivity contribution in [3.8, 4) is 0 Å². The van der Waals surface area contributed by atoms with Crippen molar-refractivity contribution in [2.24, 2.45) is 16.6 Å². The summed E-state index contributed by atoms with van der Waals surface area (Å²) in [6.45, 7) is 3.44. The molecule has 0 spiro atoms. The van der Waals surface area contributed by atoms with Crippen LogP contribution in [0.4, 0.5) is 18.9 Å². The number of likely N-dealkylation sites (tertiary alicyclic amines) is 1. The Hall–Kier alpha value is -1.81. The molecule has 2 atom stereocenters. The first-order chi connectivity index (χ1) is 13.7. The molecular weight excluding hydrogens is 504 g/mol. The summed E-state index contributed by atoms with van der Waals surface area (Å²) < 4.78 is 38.6. The highest BCUT2D eigenvalue weighted by molar-refractivity contribution is 14.0. The lowest BCUT2D eigenvalue weighted by atomic mass is 9.84. The smallest absolute Gasteiger partial charge is 0.370 e. The summed E-state index contributed by atoms with van der Waals surface area (Å²) in [6.07, 6.45) is -2.34. The van der Waals surface area contributed by atoms with E-state index < -0.39 is 11.7 Å². The monoisotopic (exact) mass is 532 g/mol. The Balaban J connectivity index is 0.00000320. The van der Waals surface area contributed by atoms with Gasteiger partial charge in [-0.2, -0.15) is 13.2 Å². The molecule has 0 bridgehead atoms. The molecule has 0 radical (unpaired) electrons. The van der Waals surface area contributed by atoms with Crippen LogP contribution in [-0.2, 0) is 6.18 Å². The van der Waals surface area contributed by atoms with Crippen LogP contribution in [0, 0.1) is 12.8 Å². The van der Waals surface area contributed by atoms with Gasteiger partial charge in [-0.25, -0.2) is 0 Å². The van der Waals surface area contributed by atoms with Crippen LogP contribution in [0.5, 0.6) is 0 Å². The second kappa shape index (κ2) is 10.5. The lowest BCUT2D eigenvalue weighted by molar-refractivity contribution is -0.137. The molecule has 4 nitrogen and oxygen atoms in total. The van der Waals surface area contributed by atoms with Gasteiger partial charge >= 0.3 is 6.18 Å². The molecule has 2 aromatic rings. The number of hydrogen-bond acceptors (Lipinski definition) is 2. The predicted molar refractivity (Wildman–Crippen MR) is 126 cm³/mol. The van der Waals surface area contributed by atoms with Crippen molar-refractivity contribution < 1.29 is 13.2 Å². The Kier molecular flexibility index (Phi) is 8.54. The van der Waals surface area contributed by atoms with E-state index in [-0.39, 0.29) is 35.9 Å². The van der Waals surface area contributed by atoms with Gasteiger partial charge in [0.05, 0.1) is 5.56 Å². The highest BCUT2D eigenvalue weighted by atomic mass is 127. The number of anilines is 1. The number of hydrogen-bond donors (Lipinski definition) is 2. The molecule has 0 aromatic heterocycles. The molecule has 2 unspecified atom stereocenters. The fraction of sp³-hybridized carbons (Fsp3) is 0.409. The number of piperidine rings is 1. The average Bonchev–Trinajstić information content (AvgIpc) is 2.68. The largest absolute Gasteiger partial charge is 0.416 e. The Morgan fingerprint density at radius 3 is 2.37 bits per heavy atom. The maximum Gasteiger partial charge on any atom is 0.416 e. The minimum absolute atomic E-state index is 0. The molecule has 0 aliphatic carbocycles. The molecule has 1 aliphatic heterocycles. The summed E-state index contributed by atoms with van der Waals surface area (Å²) in [7, 11) is 2.01. The minimum Gasteiger partial charge on any atom is -0.370 e. The number of rotatable bonds is 4. The third-order valence-corrected chi connectivity index (χ3v) is 5.41. The third-order valence-electron chi connectivity index (χ3n) is 5.41. The molecule has 30 heavy (non-hydrogen) atoms. The standard InChI is InChI=1S/C22H27F3N4.HI/c1-15-5-11-19(12-6-15)28-21(26)27-14-17-4-3-13-29(2)20(17)16-7-9-18(10-8-16)22(23,24)25;/h5-12,17,20H,3-4,13-14H2,1-2H3,(H3,26,27,28);1H. The molecule has 1 aliphatic rings. The quantitative estimate of drug-likeness (QED) is 0.313. The number of alkyl halides is 3. The zero-order valence-corrected chi connectivity index (χ0v) is 19.4. The first kappa shape index (κ1) is 24.5. The number of nitrogens with zero attached hydrogens (tertiary/aromatic N) is 2. The van der Waals surface area contributed by atoms with E-state index >= 15 is 0 Å². The number of guanidine groups is 1. The molecule has 3 rings (SSSR count). The van der Waals surface area contributed by atoms with E-state index in [2.05, 4.69) is 15.2 Å². The lowest BCUT2D eigenvalue weighted by Crippen LogP contribution is -2.38. The molecule has 164 valence electrons. The SMILES string of the molecule is Cc1ccc(NC(N)=NCC2CCCN(C)C2c2ccc(C(F)(F)F)cc2)cc1.I. The second-order valence-corrected chi connectivity index (χ2v) is 7.66. The van der Waals surface area contributed by atoms with Gasteiger partial charge in [-0.3, -0.25) is 9.89 Å². The molecule has 0 saturated carbocycles. The number of nitrogens with one attached hydrogen (secondary N) is 1. The Bertz CT molecular complexity index is 835. The van der Waals surface area contributed by atoms with Crippen molar-refractivity contribution in [1.82, 2.24) is 4.90 Å². The van der Waals surface area contributed by atoms with E-state index in [0.717, 1.165) is 48.3 Å². The first-order valence-corrected chi connectivity index (χ1v) is 9.75. The summed E-state index contributed by atoms with van der Waals surface area (Å²) in [5.41, 5.74) is 8.34. The van der Waals surface area contributed by atoms with Crippen molar-refractivity contribution in [3.63, 3.8) is 0 Å².